The highest BCUT2D eigenvalue weighted by atomic mass is 32.2. The Bertz CT molecular complexity index is 859. The Morgan fingerprint density at radius 1 is 0.960 bits per heavy atom. The number of hydrogen-bond acceptors (Lipinski definition) is 2. The lowest BCUT2D eigenvalue weighted by molar-refractivity contribution is 0.345. The molecule has 4 rings (SSSR count). The second kappa shape index (κ2) is 6.77. The topological polar surface area (TPSA) is 37.4 Å². The second-order valence-corrected chi connectivity index (χ2v) is 8.84. The van der Waals surface area contributed by atoms with Gasteiger partial charge in [-0.05, 0) is 30.4 Å². The number of benzene rings is 2. The molecular formula is C21H23NO2S. The molecule has 0 unspecified atom stereocenters. The molecule has 0 spiro atoms. The minimum atomic E-state index is -3.33. The number of allylic oxidation sites excluding steroid dienone is 1. The Balaban J connectivity index is 1.65. The van der Waals surface area contributed by atoms with E-state index >= 15 is 0 Å². The van der Waals surface area contributed by atoms with E-state index in [4.69, 9.17) is 0 Å². The van der Waals surface area contributed by atoms with Gasteiger partial charge in [0.05, 0.1) is 11.8 Å². The van der Waals surface area contributed by atoms with E-state index in [1.54, 1.807) is 4.31 Å². The third kappa shape index (κ3) is 3.29. The summed E-state index contributed by atoms with van der Waals surface area (Å²) in [6.07, 6.45) is 5.18. The van der Waals surface area contributed by atoms with E-state index < -0.39 is 10.0 Å². The quantitative estimate of drug-likeness (QED) is 0.776. The van der Waals surface area contributed by atoms with E-state index in [9.17, 15) is 8.42 Å². The highest BCUT2D eigenvalue weighted by Gasteiger charge is 2.43. The Hall–Kier alpha value is -1.91. The van der Waals surface area contributed by atoms with Crippen LogP contribution in [0.5, 0.6) is 0 Å². The van der Waals surface area contributed by atoms with Crippen LogP contribution in [0, 0.1) is 0 Å². The molecule has 1 heterocycles. The van der Waals surface area contributed by atoms with Crippen molar-refractivity contribution < 1.29 is 8.42 Å². The molecule has 25 heavy (non-hydrogen) atoms. The zero-order valence-corrected chi connectivity index (χ0v) is 15.0. The Kier molecular flexibility index (Phi) is 4.48. The van der Waals surface area contributed by atoms with Crippen LogP contribution in [0.2, 0.25) is 0 Å². The third-order valence-corrected chi connectivity index (χ3v) is 7.18. The van der Waals surface area contributed by atoms with E-state index in [2.05, 4.69) is 18.2 Å². The molecule has 2 atom stereocenters. The van der Waals surface area contributed by atoms with E-state index in [1.165, 1.54) is 11.1 Å². The van der Waals surface area contributed by atoms with Gasteiger partial charge in [-0.3, -0.25) is 0 Å². The molecule has 0 radical (unpaired) electrons. The summed E-state index contributed by atoms with van der Waals surface area (Å²) < 4.78 is 28.0. The maximum atomic E-state index is 13.1. The molecule has 1 fully saturated rings. The molecule has 3 nitrogen and oxygen atoms in total. The number of sulfonamides is 1. The molecule has 2 aromatic rings. The van der Waals surface area contributed by atoms with Gasteiger partial charge in [0.2, 0.25) is 10.0 Å². The maximum absolute atomic E-state index is 13.1. The van der Waals surface area contributed by atoms with E-state index in [0.717, 1.165) is 24.8 Å². The number of rotatable bonds is 4. The first-order chi connectivity index (χ1) is 12.1. The summed E-state index contributed by atoms with van der Waals surface area (Å²) >= 11 is 0. The number of hydrogen-bond donors (Lipinski definition) is 0. The van der Waals surface area contributed by atoms with Crippen LogP contribution in [0.25, 0.3) is 0 Å². The molecule has 0 amide bonds. The smallest absolute Gasteiger partial charge is 0.212 e. The molecule has 2 aliphatic rings. The summed E-state index contributed by atoms with van der Waals surface area (Å²) in [6, 6.07) is 19.9. The molecule has 0 bridgehead atoms. The average molecular weight is 353 g/mol. The maximum Gasteiger partial charge on any atom is 0.218 e. The van der Waals surface area contributed by atoms with Crippen molar-refractivity contribution in [3.8, 4) is 0 Å². The normalized spacial score (nSPS) is 23.9. The van der Waals surface area contributed by atoms with Crippen LogP contribution in [0.3, 0.4) is 0 Å². The van der Waals surface area contributed by atoms with Gasteiger partial charge in [-0.25, -0.2) is 8.42 Å². The lowest BCUT2D eigenvalue weighted by Gasteiger charge is -2.34. The molecule has 1 aliphatic carbocycles. The average Bonchev–Trinajstić information content (AvgIpc) is 3.08. The van der Waals surface area contributed by atoms with Crippen LogP contribution in [0.1, 0.15) is 36.3 Å². The minimum Gasteiger partial charge on any atom is -0.212 e. The molecule has 2 aromatic carbocycles. The molecule has 1 saturated heterocycles. The monoisotopic (exact) mass is 353 g/mol. The van der Waals surface area contributed by atoms with Gasteiger partial charge in [-0.2, -0.15) is 4.31 Å². The highest BCUT2D eigenvalue weighted by Crippen LogP contribution is 2.42. The molecule has 4 heteroatoms. The lowest BCUT2D eigenvalue weighted by Crippen LogP contribution is -2.41. The van der Waals surface area contributed by atoms with Crippen LogP contribution >= 0.6 is 0 Å². The fourth-order valence-corrected chi connectivity index (χ4v) is 6.01. The Morgan fingerprint density at radius 2 is 1.64 bits per heavy atom. The standard InChI is InChI=1S/C21H23NO2S/c23-25(24,16-17-8-3-1-4-9-17)22-15-14-19-12-7-13-20(21(19)22)18-10-5-2-6-11-18/h1-6,8-12,20-21H,7,13-16H2/t20-,21+/m0/s1. The zero-order valence-electron chi connectivity index (χ0n) is 14.2. The summed E-state index contributed by atoms with van der Waals surface area (Å²) in [6.45, 7) is 0.606. The van der Waals surface area contributed by atoms with Crippen molar-refractivity contribution in [1.82, 2.24) is 4.31 Å². The van der Waals surface area contributed by atoms with Crippen LogP contribution < -0.4 is 0 Å². The van der Waals surface area contributed by atoms with Crippen LogP contribution in [-0.2, 0) is 15.8 Å². The van der Waals surface area contributed by atoms with Crippen molar-refractivity contribution in [2.45, 2.75) is 37.0 Å². The van der Waals surface area contributed by atoms with E-state index in [1.807, 2.05) is 48.5 Å². The summed E-state index contributed by atoms with van der Waals surface area (Å²) in [7, 11) is -3.33. The molecule has 0 N–H and O–H groups in total. The van der Waals surface area contributed by atoms with Gasteiger partial charge in [0.25, 0.3) is 0 Å². The SMILES string of the molecule is O=S(=O)(Cc1ccccc1)N1CCC2=CCC[C@@H](c3ccccc3)[C@@H]21. The molecule has 0 saturated carbocycles. The number of fused-ring (bicyclic) bond motifs is 1. The Labute approximate surface area is 150 Å². The van der Waals surface area contributed by atoms with Gasteiger partial charge in [-0.1, -0.05) is 72.3 Å². The van der Waals surface area contributed by atoms with E-state index in [0.29, 0.717) is 6.54 Å². The van der Waals surface area contributed by atoms with Crippen LogP contribution in [0.15, 0.2) is 72.3 Å². The molecule has 1 aliphatic heterocycles. The molecule has 0 aromatic heterocycles. The number of nitrogens with zero attached hydrogens (tertiary/aromatic N) is 1. The Morgan fingerprint density at radius 3 is 2.36 bits per heavy atom. The fraction of sp³-hybridized carbons (Fsp3) is 0.333. The van der Waals surface area contributed by atoms with Gasteiger partial charge in [0, 0.05) is 12.5 Å². The fourth-order valence-electron chi connectivity index (χ4n) is 4.23. The largest absolute Gasteiger partial charge is 0.218 e. The lowest BCUT2D eigenvalue weighted by atomic mass is 9.80. The summed E-state index contributed by atoms with van der Waals surface area (Å²) in [5.74, 6) is 0.341. The molecular weight excluding hydrogens is 330 g/mol. The predicted molar refractivity (Wildman–Crippen MR) is 101 cm³/mol. The van der Waals surface area contributed by atoms with Crippen LogP contribution in [0.4, 0.5) is 0 Å². The second-order valence-electron chi connectivity index (χ2n) is 6.92. The van der Waals surface area contributed by atoms with E-state index in [-0.39, 0.29) is 17.7 Å². The summed E-state index contributed by atoms with van der Waals surface area (Å²) in [5, 5.41) is 0. The summed E-state index contributed by atoms with van der Waals surface area (Å²) in [4.78, 5) is 0. The summed E-state index contributed by atoms with van der Waals surface area (Å²) in [5.41, 5.74) is 3.41. The van der Waals surface area contributed by atoms with Gasteiger partial charge < -0.3 is 0 Å². The first-order valence-electron chi connectivity index (χ1n) is 8.92. The minimum absolute atomic E-state index is 0.00939. The van der Waals surface area contributed by atoms with Crippen LogP contribution in [-0.4, -0.2) is 25.3 Å². The molecule has 130 valence electrons. The third-order valence-electron chi connectivity index (χ3n) is 5.35. The van der Waals surface area contributed by atoms with Crippen molar-refractivity contribution >= 4 is 10.0 Å². The predicted octanol–water partition coefficient (Wildman–Crippen LogP) is 4.09. The first kappa shape index (κ1) is 16.6. The van der Waals surface area contributed by atoms with Crippen molar-refractivity contribution in [3.63, 3.8) is 0 Å². The zero-order chi connectivity index (χ0) is 17.3. The van der Waals surface area contributed by atoms with Crippen molar-refractivity contribution in [3.05, 3.63) is 83.4 Å². The first-order valence-corrected chi connectivity index (χ1v) is 10.5. The van der Waals surface area contributed by atoms with Crippen molar-refractivity contribution in [2.75, 3.05) is 6.54 Å². The van der Waals surface area contributed by atoms with Gasteiger partial charge in [0.1, 0.15) is 0 Å². The van der Waals surface area contributed by atoms with Crippen molar-refractivity contribution in [1.29, 1.82) is 0 Å². The van der Waals surface area contributed by atoms with Crippen molar-refractivity contribution in [2.24, 2.45) is 0 Å². The van der Waals surface area contributed by atoms with Gasteiger partial charge in [-0.15, -0.1) is 0 Å². The van der Waals surface area contributed by atoms with Gasteiger partial charge in [0.15, 0.2) is 0 Å². The van der Waals surface area contributed by atoms with Gasteiger partial charge >= 0.3 is 0 Å². The highest BCUT2D eigenvalue weighted by molar-refractivity contribution is 7.88.